The minimum Gasteiger partial charge on any atom is -0.481 e. The second-order valence-corrected chi connectivity index (χ2v) is 9.18. The SMILES string of the molecule is CC(S)C(=O)O.O=C(O)CCS.O=C(O)CCS.O=C(O)CCS.O=C(O)CCS.OCC(CO)(CO)CO. The van der Waals surface area contributed by atoms with Gasteiger partial charge in [-0.2, -0.15) is 63.1 Å². The summed E-state index contributed by atoms with van der Waals surface area (Å²) in [5.41, 5.74) is -1.11. The number of thiol groups is 5. The molecule has 0 aromatic heterocycles. The van der Waals surface area contributed by atoms with Crippen LogP contribution in [0.3, 0.4) is 0 Å². The summed E-state index contributed by atoms with van der Waals surface area (Å²) in [6.07, 6.45) is 0.623. The molecule has 0 aromatic carbocycles. The van der Waals surface area contributed by atoms with Crippen LogP contribution in [0.2, 0.25) is 0 Å². The number of rotatable bonds is 13. The predicted molar refractivity (Wildman–Crippen MR) is 161 cm³/mol. The topological polar surface area (TPSA) is 267 Å². The molecular formula is C20H42O14S5. The number of aliphatic hydroxyl groups is 4. The fourth-order valence-corrected chi connectivity index (χ4v) is 1.45. The lowest BCUT2D eigenvalue weighted by atomic mass is 9.93. The molecule has 0 spiro atoms. The first-order valence-corrected chi connectivity index (χ1v) is 13.7. The molecule has 0 aromatic rings. The molecule has 236 valence electrons. The number of carboxylic acid groups (broad SMARTS) is 5. The van der Waals surface area contributed by atoms with Gasteiger partial charge in [-0.3, -0.25) is 24.0 Å². The van der Waals surface area contributed by atoms with Crippen molar-refractivity contribution in [1.82, 2.24) is 0 Å². The molecular weight excluding hydrogens is 625 g/mol. The molecule has 19 heteroatoms. The van der Waals surface area contributed by atoms with E-state index in [1.165, 1.54) is 6.92 Å². The molecule has 9 N–H and O–H groups in total. The summed E-state index contributed by atoms with van der Waals surface area (Å²) in [7, 11) is 0. The van der Waals surface area contributed by atoms with Crippen molar-refractivity contribution in [3.05, 3.63) is 0 Å². The van der Waals surface area contributed by atoms with Crippen LogP contribution in [0.25, 0.3) is 0 Å². The first-order chi connectivity index (χ1) is 18.0. The van der Waals surface area contributed by atoms with Crippen LogP contribution in [-0.2, 0) is 24.0 Å². The van der Waals surface area contributed by atoms with Gasteiger partial charge in [-0.05, 0) is 6.92 Å². The van der Waals surface area contributed by atoms with Crippen molar-refractivity contribution in [2.45, 2.75) is 37.9 Å². The second kappa shape index (κ2) is 39.1. The Labute approximate surface area is 254 Å². The fraction of sp³-hybridized carbons (Fsp3) is 0.750. The minimum absolute atomic E-state index is 0.156. The van der Waals surface area contributed by atoms with Crippen LogP contribution in [-0.4, -0.2) is 130 Å². The number of aliphatic hydroxyl groups excluding tert-OH is 4. The molecule has 1 atom stereocenters. The van der Waals surface area contributed by atoms with Gasteiger partial charge in [0.05, 0.1) is 62.8 Å². The molecule has 1 unspecified atom stereocenters. The molecule has 39 heavy (non-hydrogen) atoms. The Balaban J connectivity index is -0.0000000845. The van der Waals surface area contributed by atoms with Crippen LogP contribution >= 0.6 is 63.1 Å². The maximum absolute atomic E-state index is 9.62. The zero-order chi connectivity index (χ0) is 32.4. The first-order valence-electron chi connectivity index (χ1n) is 10.6. The van der Waals surface area contributed by atoms with Gasteiger partial charge >= 0.3 is 29.8 Å². The van der Waals surface area contributed by atoms with Crippen molar-refractivity contribution in [2.75, 3.05) is 49.4 Å². The Morgan fingerprint density at radius 3 is 0.692 bits per heavy atom. The van der Waals surface area contributed by atoms with Crippen molar-refractivity contribution in [1.29, 1.82) is 0 Å². The van der Waals surface area contributed by atoms with E-state index >= 15 is 0 Å². The van der Waals surface area contributed by atoms with Gasteiger partial charge in [0.1, 0.15) is 0 Å². The van der Waals surface area contributed by atoms with Crippen molar-refractivity contribution in [3.63, 3.8) is 0 Å². The molecule has 0 rings (SSSR count). The van der Waals surface area contributed by atoms with E-state index in [0.29, 0.717) is 23.0 Å². The third kappa shape index (κ3) is 62.1. The Kier molecular flexibility index (Phi) is 50.9. The normalized spacial score (nSPS) is 9.90. The van der Waals surface area contributed by atoms with Gasteiger partial charge in [-0.25, -0.2) is 0 Å². The van der Waals surface area contributed by atoms with E-state index in [4.69, 9.17) is 46.0 Å². The van der Waals surface area contributed by atoms with Crippen LogP contribution in [0.4, 0.5) is 0 Å². The predicted octanol–water partition coefficient (Wildman–Crippen LogP) is -0.105. The Morgan fingerprint density at radius 2 is 0.692 bits per heavy atom. The van der Waals surface area contributed by atoms with Crippen LogP contribution in [0.1, 0.15) is 32.6 Å². The van der Waals surface area contributed by atoms with Gasteiger partial charge < -0.3 is 46.0 Å². The highest BCUT2D eigenvalue weighted by Gasteiger charge is 2.26. The number of carbonyl (C=O) groups is 5. The van der Waals surface area contributed by atoms with Crippen molar-refractivity contribution in [3.8, 4) is 0 Å². The number of hydrogen-bond acceptors (Lipinski definition) is 14. The maximum atomic E-state index is 9.62. The molecule has 0 fully saturated rings. The van der Waals surface area contributed by atoms with Gasteiger partial charge in [0.2, 0.25) is 0 Å². The standard InChI is InChI=1S/C5H12O4.5C3H6O2S/c6-1-5(2-7,3-8)4-9;1-2(6)3(4)5;4*4-3(5)1-2-6/h6-9H,1-4H2;2,6H,1H3,(H,4,5);4*6H,1-2H2,(H,4,5). The monoisotopic (exact) mass is 666 g/mol. The molecule has 0 saturated heterocycles. The van der Waals surface area contributed by atoms with Gasteiger partial charge in [-0.15, -0.1) is 0 Å². The summed E-state index contributed by atoms with van der Waals surface area (Å²) in [5.74, 6) is -2.32. The highest BCUT2D eigenvalue weighted by Crippen LogP contribution is 2.11. The molecule has 0 amide bonds. The van der Waals surface area contributed by atoms with Crippen LogP contribution in [0.15, 0.2) is 0 Å². The third-order valence-electron chi connectivity index (χ3n) is 3.00. The molecule has 0 aliphatic carbocycles. The number of carboxylic acids is 5. The molecule has 0 bridgehead atoms. The lowest BCUT2D eigenvalue weighted by molar-refractivity contribution is -0.137. The van der Waals surface area contributed by atoms with Crippen LogP contribution < -0.4 is 0 Å². The van der Waals surface area contributed by atoms with E-state index in [0.717, 1.165) is 0 Å². The first kappa shape index (κ1) is 50.7. The van der Waals surface area contributed by atoms with Gasteiger partial charge in [0.25, 0.3) is 0 Å². The average Bonchev–Trinajstić information content (AvgIpc) is 2.82. The van der Waals surface area contributed by atoms with Gasteiger partial charge in [0.15, 0.2) is 0 Å². The largest absolute Gasteiger partial charge is 0.481 e. The molecule has 0 aliphatic rings. The Bertz CT molecular complexity index is 524. The molecule has 0 radical (unpaired) electrons. The van der Waals surface area contributed by atoms with E-state index in [-0.39, 0.29) is 25.7 Å². The molecule has 0 saturated carbocycles. The van der Waals surface area contributed by atoms with E-state index < -0.39 is 66.9 Å². The minimum atomic E-state index is -1.11. The van der Waals surface area contributed by atoms with Gasteiger partial charge in [-0.1, -0.05) is 0 Å². The highest BCUT2D eigenvalue weighted by atomic mass is 32.1. The van der Waals surface area contributed by atoms with Crippen molar-refractivity contribution in [2.24, 2.45) is 5.41 Å². The molecule has 0 heterocycles. The van der Waals surface area contributed by atoms with E-state index in [9.17, 15) is 24.0 Å². The number of hydrogen-bond donors (Lipinski definition) is 14. The smallest absolute Gasteiger partial charge is 0.316 e. The summed E-state index contributed by atoms with van der Waals surface area (Å²) in [6.45, 7) is -0.120. The average molecular weight is 667 g/mol. The fourth-order valence-electron chi connectivity index (χ4n) is 0.683. The zero-order valence-electron chi connectivity index (χ0n) is 21.4. The summed E-state index contributed by atoms with van der Waals surface area (Å²) < 4.78 is 0. The summed E-state index contributed by atoms with van der Waals surface area (Å²) in [4.78, 5) is 47.8. The molecule has 0 aliphatic heterocycles. The van der Waals surface area contributed by atoms with Crippen molar-refractivity contribution < 1.29 is 69.9 Å². The highest BCUT2D eigenvalue weighted by molar-refractivity contribution is 7.81. The lowest BCUT2D eigenvalue weighted by Gasteiger charge is -2.23. The molecule has 14 nitrogen and oxygen atoms in total. The van der Waals surface area contributed by atoms with Crippen molar-refractivity contribution >= 4 is 93.0 Å². The maximum Gasteiger partial charge on any atom is 0.316 e. The zero-order valence-corrected chi connectivity index (χ0v) is 25.8. The summed E-state index contributed by atoms with van der Waals surface area (Å²) in [6, 6.07) is 0. The van der Waals surface area contributed by atoms with E-state index in [1.807, 2.05) is 0 Å². The van der Waals surface area contributed by atoms with Gasteiger partial charge in [0, 0.05) is 23.0 Å². The number of aliphatic carboxylic acids is 5. The Morgan fingerprint density at radius 1 is 0.538 bits per heavy atom. The lowest BCUT2D eigenvalue weighted by Crippen LogP contribution is -2.37. The Hall–Kier alpha value is -1.06. The quantitative estimate of drug-likeness (QED) is 0.114. The van der Waals surface area contributed by atoms with E-state index in [2.05, 4.69) is 63.1 Å². The van der Waals surface area contributed by atoms with Crippen LogP contribution in [0, 0.1) is 5.41 Å². The third-order valence-corrected chi connectivity index (χ3v) is 4.12. The second-order valence-electron chi connectivity index (χ2n) is 6.62. The summed E-state index contributed by atoms with van der Waals surface area (Å²) >= 11 is 18.3. The van der Waals surface area contributed by atoms with E-state index in [1.54, 1.807) is 0 Å². The summed E-state index contributed by atoms with van der Waals surface area (Å²) in [5, 5.41) is 72.8. The van der Waals surface area contributed by atoms with Crippen LogP contribution in [0.5, 0.6) is 0 Å².